The highest BCUT2D eigenvalue weighted by molar-refractivity contribution is 7.13. The largest absolute Gasteiger partial charge is 0.491 e. The van der Waals surface area contributed by atoms with Gasteiger partial charge < -0.3 is 25.0 Å². The summed E-state index contributed by atoms with van der Waals surface area (Å²) in [5.74, 6) is 1.47. The molecule has 156 valence electrons. The molecule has 2 aliphatic heterocycles. The van der Waals surface area contributed by atoms with Crippen molar-refractivity contribution in [1.82, 2.24) is 9.88 Å². The fraction of sp³-hybridized carbons (Fsp3) is 0.524. The monoisotopic (exact) mass is 415 g/mol. The maximum Gasteiger partial charge on any atom is 0.191 e. The van der Waals surface area contributed by atoms with E-state index in [0.717, 1.165) is 62.1 Å². The molecule has 29 heavy (non-hydrogen) atoms. The molecule has 0 radical (unpaired) electrons. The van der Waals surface area contributed by atoms with Crippen molar-refractivity contribution in [3.05, 3.63) is 40.9 Å². The molecule has 7 nitrogen and oxygen atoms in total. The zero-order chi connectivity index (χ0) is 20.1. The standard InChI is InChI=1S/C21H29N5O2S/c1-16-4-5-17(19(13-16)28-15-18-3-2-11-27-18)14-24-20(22)25-7-9-26(10-8-25)21-23-6-12-29-21/h4-6,12-13,18H,2-3,7-11,14-15H2,1H3,(H2,22,24). The molecule has 2 saturated heterocycles. The van der Waals surface area contributed by atoms with E-state index in [1.165, 1.54) is 5.56 Å². The van der Waals surface area contributed by atoms with E-state index in [2.05, 4.69) is 44.9 Å². The Kier molecular flexibility index (Phi) is 6.51. The number of guanidine groups is 1. The minimum Gasteiger partial charge on any atom is -0.491 e. The van der Waals surface area contributed by atoms with Gasteiger partial charge in [0.2, 0.25) is 0 Å². The molecule has 2 N–H and O–H groups in total. The SMILES string of the molecule is Cc1ccc(CN=C(N)N2CCN(c3nccs3)CC2)c(OCC2CCCO2)c1. The number of benzene rings is 1. The lowest BCUT2D eigenvalue weighted by atomic mass is 10.1. The molecule has 2 aromatic rings. The molecule has 2 aliphatic rings. The zero-order valence-corrected chi connectivity index (χ0v) is 17.7. The summed E-state index contributed by atoms with van der Waals surface area (Å²) < 4.78 is 11.7. The van der Waals surface area contributed by atoms with Crippen LogP contribution in [0.25, 0.3) is 0 Å². The van der Waals surface area contributed by atoms with Crippen molar-refractivity contribution in [3.63, 3.8) is 0 Å². The number of rotatable bonds is 6. The Labute approximate surface area is 176 Å². The number of nitrogens with zero attached hydrogens (tertiary/aromatic N) is 4. The first kappa shape index (κ1) is 20.0. The van der Waals surface area contributed by atoms with Crippen molar-refractivity contribution in [2.45, 2.75) is 32.4 Å². The van der Waals surface area contributed by atoms with E-state index in [4.69, 9.17) is 15.2 Å². The Balaban J connectivity index is 1.34. The average Bonchev–Trinajstić information content (AvgIpc) is 3.45. The van der Waals surface area contributed by atoms with Crippen LogP contribution in [0.3, 0.4) is 0 Å². The summed E-state index contributed by atoms with van der Waals surface area (Å²) >= 11 is 1.67. The van der Waals surface area contributed by atoms with Crippen LogP contribution in [0.4, 0.5) is 5.13 Å². The van der Waals surface area contributed by atoms with E-state index in [1.54, 1.807) is 11.3 Å². The van der Waals surface area contributed by atoms with Gasteiger partial charge >= 0.3 is 0 Å². The Morgan fingerprint density at radius 3 is 2.93 bits per heavy atom. The van der Waals surface area contributed by atoms with E-state index in [0.29, 0.717) is 19.1 Å². The van der Waals surface area contributed by atoms with Crippen LogP contribution in [0.15, 0.2) is 34.8 Å². The Bertz CT molecular complexity index is 812. The molecule has 8 heteroatoms. The Hall–Kier alpha value is -2.32. The quantitative estimate of drug-likeness (QED) is 0.577. The lowest BCUT2D eigenvalue weighted by Crippen LogP contribution is -2.51. The van der Waals surface area contributed by atoms with Crippen molar-refractivity contribution < 1.29 is 9.47 Å². The minimum atomic E-state index is 0.200. The number of aromatic nitrogens is 1. The molecule has 1 unspecified atom stereocenters. The first-order valence-electron chi connectivity index (χ1n) is 10.2. The third-order valence-corrected chi connectivity index (χ3v) is 6.21. The molecule has 1 aromatic carbocycles. The van der Waals surface area contributed by atoms with Crippen molar-refractivity contribution >= 4 is 22.4 Å². The fourth-order valence-corrected chi connectivity index (χ4v) is 4.35. The number of aryl methyl sites for hydroxylation is 1. The van der Waals surface area contributed by atoms with Gasteiger partial charge in [-0.3, -0.25) is 0 Å². The van der Waals surface area contributed by atoms with Crippen LogP contribution in [0, 0.1) is 6.92 Å². The molecule has 0 saturated carbocycles. The van der Waals surface area contributed by atoms with E-state index in [9.17, 15) is 0 Å². The maximum absolute atomic E-state index is 6.30. The number of ether oxygens (including phenoxy) is 2. The second kappa shape index (κ2) is 9.45. The molecule has 0 spiro atoms. The smallest absolute Gasteiger partial charge is 0.191 e. The summed E-state index contributed by atoms with van der Waals surface area (Å²) in [4.78, 5) is 13.5. The van der Waals surface area contributed by atoms with E-state index >= 15 is 0 Å². The van der Waals surface area contributed by atoms with Gasteiger partial charge in [-0.1, -0.05) is 12.1 Å². The van der Waals surface area contributed by atoms with Crippen LogP contribution in [0.1, 0.15) is 24.0 Å². The number of hydrogen-bond donors (Lipinski definition) is 1. The van der Waals surface area contributed by atoms with Crippen LogP contribution in [-0.2, 0) is 11.3 Å². The average molecular weight is 416 g/mol. The van der Waals surface area contributed by atoms with Gasteiger partial charge in [0.25, 0.3) is 0 Å². The number of nitrogens with two attached hydrogens (primary N) is 1. The normalized spacial score (nSPS) is 20.3. The van der Waals surface area contributed by atoms with Crippen molar-refractivity contribution in [1.29, 1.82) is 0 Å². The molecular formula is C21H29N5O2S. The Morgan fingerprint density at radius 1 is 1.34 bits per heavy atom. The lowest BCUT2D eigenvalue weighted by molar-refractivity contribution is 0.0676. The zero-order valence-electron chi connectivity index (χ0n) is 16.9. The number of piperazine rings is 1. The molecule has 1 aromatic heterocycles. The summed E-state index contributed by atoms with van der Waals surface area (Å²) in [6.07, 6.45) is 4.23. The molecule has 4 rings (SSSR count). The molecule has 3 heterocycles. The predicted molar refractivity (Wildman–Crippen MR) is 117 cm³/mol. The third kappa shape index (κ3) is 5.19. The fourth-order valence-electron chi connectivity index (χ4n) is 3.65. The maximum atomic E-state index is 6.30. The van der Waals surface area contributed by atoms with Crippen molar-refractivity contribution in [2.24, 2.45) is 10.7 Å². The van der Waals surface area contributed by atoms with Gasteiger partial charge in [-0.05, 0) is 31.4 Å². The van der Waals surface area contributed by atoms with Gasteiger partial charge in [-0.2, -0.15) is 0 Å². The van der Waals surface area contributed by atoms with Gasteiger partial charge in [-0.15, -0.1) is 11.3 Å². The van der Waals surface area contributed by atoms with Gasteiger partial charge in [0.15, 0.2) is 11.1 Å². The highest BCUT2D eigenvalue weighted by Crippen LogP contribution is 2.23. The second-order valence-electron chi connectivity index (χ2n) is 7.52. The van der Waals surface area contributed by atoms with Crippen LogP contribution in [0.5, 0.6) is 5.75 Å². The van der Waals surface area contributed by atoms with Gasteiger partial charge in [0.05, 0.1) is 12.6 Å². The first-order valence-corrected chi connectivity index (χ1v) is 11.1. The first-order chi connectivity index (χ1) is 14.2. The van der Waals surface area contributed by atoms with Crippen molar-refractivity contribution in [2.75, 3.05) is 44.3 Å². The number of aliphatic imine (C=N–C) groups is 1. The summed E-state index contributed by atoms with van der Waals surface area (Å²) in [5, 5.41) is 3.09. The summed E-state index contributed by atoms with van der Waals surface area (Å²) in [7, 11) is 0. The number of hydrogen-bond acceptors (Lipinski definition) is 6. The highest BCUT2D eigenvalue weighted by atomic mass is 32.1. The van der Waals surface area contributed by atoms with E-state index < -0.39 is 0 Å². The summed E-state index contributed by atoms with van der Waals surface area (Å²) in [6, 6.07) is 6.24. The van der Waals surface area contributed by atoms with Crippen LogP contribution in [-0.4, -0.2) is 61.3 Å². The van der Waals surface area contributed by atoms with Gasteiger partial charge in [0, 0.05) is 49.9 Å². The number of thiazole rings is 1. The number of anilines is 1. The van der Waals surface area contributed by atoms with Crippen LogP contribution in [0.2, 0.25) is 0 Å². The molecule has 0 bridgehead atoms. The van der Waals surface area contributed by atoms with Crippen molar-refractivity contribution in [3.8, 4) is 5.75 Å². The van der Waals surface area contributed by atoms with Crippen LogP contribution < -0.4 is 15.4 Å². The lowest BCUT2D eigenvalue weighted by Gasteiger charge is -2.35. The van der Waals surface area contributed by atoms with Gasteiger partial charge in [0.1, 0.15) is 12.4 Å². The van der Waals surface area contributed by atoms with Gasteiger partial charge in [-0.25, -0.2) is 9.98 Å². The molecule has 0 amide bonds. The molecule has 0 aliphatic carbocycles. The predicted octanol–water partition coefficient (Wildman–Crippen LogP) is 2.65. The van der Waals surface area contributed by atoms with E-state index in [1.807, 2.05) is 11.6 Å². The summed E-state index contributed by atoms with van der Waals surface area (Å²) in [5.41, 5.74) is 8.52. The third-order valence-electron chi connectivity index (χ3n) is 5.38. The summed E-state index contributed by atoms with van der Waals surface area (Å²) in [6.45, 7) is 7.53. The molecule has 1 atom stereocenters. The minimum absolute atomic E-state index is 0.200. The Morgan fingerprint density at radius 2 is 2.21 bits per heavy atom. The molecule has 2 fully saturated rings. The topological polar surface area (TPSA) is 76.2 Å². The van der Waals surface area contributed by atoms with Crippen LogP contribution >= 0.6 is 11.3 Å². The van der Waals surface area contributed by atoms with E-state index in [-0.39, 0.29) is 6.10 Å². The molecular weight excluding hydrogens is 386 g/mol. The highest BCUT2D eigenvalue weighted by Gasteiger charge is 2.20. The second-order valence-corrected chi connectivity index (χ2v) is 8.39.